The summed E-state index contributed by atoms with van der Waals surface area (Å²) in [5.74, 6) is 0.475. The van der Waals surface area contributed by atoms with Crippen molar-refractivity contribution in [1.82, 2.24) is 4.98 Å². The average Bonchev–Trinajstić information content (AvgIpc) is 2.80. The quantitative estimate of drug-likeness (QED) is 0.453. The van der Waals surface area contributed by atoms with Gasteiger partial charge in [0.2, 0.25) is 0 Å². The van der Waals surface area contributed by atoms with Gasteiger partial charge in [0.15, 0.2) is 11.5 Å². The summed E-state index contributed by atoms with van der Waals surface area (Å²) in [6, 6.07) is 19.4. The molecule has 4 rings (SSSR count). The summed E-state index contributed by atoms with van der Waals surface area (Å²) in [6.45, 7) is 0.353. The molecule has 31 heavy (non-hydrogen) atoms. The third kappa shape index (κ3) is 4.19. The molecule has 0 aliphatic rings. The van der Waals surface area contributed by atoms with Crippen molar-refractivity contribution in [3.05, 3.63) is 83.8 Å². The molecule has 0 unspecified atom stereocenters. The zero-order valence-electron chi connectivity index (χ0n) is 16.7. The maximum absolute atomic E-state index is 14.4. The Hall–Kier alpha value is -4.31. The number of pyridine rings is 1. The number of nitrogens with two attached hydrogens (primary N) is 1. The number of rotatable bonds is 6. The molecule has 0 saturated carbocycles. The van der Waals surface area contributed by atoms with Crippen LogP contribution in [0.15, 0.2) is 66.9 Å². The van der Waals surface area contributed by atoms with Gasteiger partial charge in [-0.3, -0.25) is 4.98 Å². The molecule has 7 heteroatoms. The van der Waals surface area contributed by atoms with Gasteiger partial charge in [-0.15, -0.1) is 0 Å². The van der Waals surface area contributed by atoms with Crippen LogP contribution in [0.25, 0.3) is 10.9 Å². The van der Waals surface area contributed by atoms with Gasteiger partial charge in [-0.25, -0.2) is 4.39 Å². The van der Waals surface area contributed by atoms with Crippen LogP contribution in [0.5, 0.6) is 11.5 Å². The van der Waals surface area contributed by atoms with Gasteiger partial charge in [0.25, 0.3) is 0 Å². The Morgan fingerprint density at radius 3 is 2.61 bits per heavy atom. The maximum Gasteiger partial charge on any atom is 0.162 e. The first kappa shape index (κ1) is 20.0. The predicted octanol–water partition coefficient (Wildman–Crippen LogP) is 5.16. The van der Waals surface area contributed by atoms with Crippen molar-refractivity contribution >= 4 is 28.0 Å². The van der Waals surface area contributed by atoms with Crippen LogP contribution in [0.1, 0.15) is 11.1 Å². The Morgan fingerprint density at radius 2 is 1.90 bits per heavy atom. The van der Waals surface area contributed by atoms with E-state index < -0.39 is 5.82 Å². The van der Waals surface area contributed by atoms with E-state index in [0.29, 0.717) is 40.4 Å². The van der Waals surface area contributed by atoms with E-state index in [1.54, 1.807) is 19.2 Å². The second-order valence-electron chi connectivity index (χ2n) is 6.81. The Labute approximate surface area is 178 Å². The van der Waals surface area contributed by atoms with Crippen LogP contribution in [-0.4, -0.2) is 12.1 Å². The van der Waals surface area contributed by atoms with E-state index in [4.69, 9.17) is 20.5 Å². The van der Waals surface area contributed by atoms with Gasteiger partial charge in [-0.2, -0.15) is 5.26 Å². The van der Waals surface area contributed by atoms with E-state index in [2.05, 4.69) is 10.3 Å². The summed E-state index contributed by atoms with van der Waals surface area (Å²) in [6.07, 6.45) is 1.50. The van der Waals surface area contributed by atoms with Crippen LogP contribution in [0.4, 0.5) is 21.5 Å². The number of anilines is 3. The predicted molar refractivity (Wildman–Crippen MR) is 118 cm³/mol. The Bertz CT molecular complexity index is 1290. The highest BCUT2D eigenvalue weighted by atomic mass is 19.1. The molecule has 0 amide bonds. The zero-order chi connectivity index (χ0) is 21.8. The third-order valence-corrected chi connectivity index (χ3v) is 4.78. The fourth-order valence-corrected chi connectivity index (χ4v) is 3.18. The van der Waals surface area contributed by atoms with Gasteiger partial charge in [0.05, 0.1) is 47.5 Å². The number of nitrogens with zero attached hydrogens (tertiary/aromatic N) is 2. The van der Waals surface area contributed by atoms with Crippen molar-refractivity contribution < 1.29 is 13.9 Å². The van der Waals surface area contributed by atoms with E-state index in [9.17, 15) is 4.39 Å². The Kier molecular flexibility index (Phi) is 5.54. The molecule has 6 nitrogen and oxygen atoms in total. The van der Waals surface area contributed by atoms with Gasteiger partial charge < -0.3 is 20.5 Å². The molecule has 0 fully saturated rings. The third-order valence-electron chi connectivity index (χ3n) is 4.78. The molecule has 0 radical (unpaired) electrons. The topological polar surface area (TPSA) is 93.2 Å². The lowest BCUT2D eigenvalue weighted by Gasteiger charge is -2.16. The number of nitrogen functional groups attached to an aromatic ring is 1. The fourth-order valence-electron chi connectivity index (χ4n) is 3.18. The number of benzene rings is 3. The van der Waals surface area contributed by atoms with Crippen LogP contribution in [-0.2, 0) is 6.61 Å². The fraction of sp³-hybridized carbons (Fsp3) is 0.0833. The number of methoxy groups -OCH3 is 1. The van der Waals surface area contributed by atoms with Gasteiger partial charge in [0, 0.05) is 11.5 Å². The van der Waals surface area contributed by atoms with Crippen molar-refractivity contribution in [2.24, 2.45) is 0 Å². The van der Waals surface area contributed by atoms with Crippen molar-refractivity contribution in [2.45, 2.75) is 6.61 Å². The first-order chi connectivity index (χ1) is 15.1. The standard InChI is InChI=1S/C24H19FN4O2/c1-30-22-11-21-17(10-23(22)31-14-15-5-3-2-4-6-15)24(19(27)13-28-21)29-20-8-7-16(12-26)9-18(20)25/h2-11,13H,14,27H2,1H3,(H,28,29). The highest BCUT2D eigenvalue weighted by Gasteiger charge is 2.15. The maximum atomic E-state index is 14.4. The summed E-state index contributed by atoms with van der Waals surface area (Å²) in [7, 11) is 1.55. The number of nitrogens with one attached hydrogen (secondary N) is 1. The molecule has 3 N–H and O–H groups in total. The van der Waals surface area contributed by atoms with Gasteiger partial charge in [0.1, 0.15) is 12.4 Å². The molecule has 0 saturated heterocycles. The molecule has 1 heterocycles. The molecule has 0 spiro atoms. The van der Waals surface area contributed by atoms with E-state index in [1.807, 2.05) is 36.4 Å². The van der Waals surface area contributed by atoms with Gasteiger partial charge in [-0.05, 0) is 29.8 Å². The molecule has 0 atom stereocenters. The molecule has 4 aromatic rings. The van der Waals surface area contributed by atoms with Crippen molar-refractivity contribution in [2.75, 3.05) is 18.2 Å². The Balaban J connectivity index is 1.75. The summed E-state index contributed by atoms with van der Waals surface area (Å²) in [5.41, 5.74) is 9.03. The minimum atomic E-state index is -0.558. The number of halogens is 1. The molecular formula is C24H19FN4O2. The number of hydrogen-bond acceptors (Lipinski definition) is 6. The van der Waals surface area contributed by atoms with Gasteiger partial charge >= 0.3 is 0 Å². The van der Waals surface area contributed by atoms with Crippen molar-refractivity contribution in [3.63, 3.8) is 0 Å². The minimum Gasteiger partial charge on any atom is -0.493 e. The van der Waals surface area contributed by atoms with E-state index in [-0.39, 0.29) is 11.3 Å². The molecule has 1 aromatic heterocycles. The minimum absolute atomic E-state index is 0.195. The summed E-state index contributed by atoms with van der Waals surface area (Å²) in [5, 5.41) is 12.6. The molecule has 0 bridgehead atoms. The van der Waals surface area contributed by atoms with E-state index in [0.717, 1.165) is 5.56 Å². The molecular weight excluding hydrogens is 395 g/mol. The average molecular weight is 414 g/mol. The largest absolute Gasteiger partial charge is 0.493 e. The first-order valence-corrected chi connectivity index (χ1v) is 9.48. The van der Waals surface area contributed by atoms with E-state index >= 15 is 0 Å². The lowest BCUT2D eigenvalue weighted by molar-refractivity contribution is 0.285. The lowest BCUT2D eigenvalue weighted by Crippen LogP contribution is -2.02. The summed E-state index contributed by atoms with van der Waals surface area (Å²) >= 11 is 0. The van der Waals surface area contributed by atoms with Crippen LogP contribution in [0.2, 0.25) is 0 Å². The van der Waals surface area contributed by atoms with Crippen LogP contribution in [0.3, 0.4) is 0 Å². The molecule has 154 valence electrons. The van der Waals surface area contributed by atoms with Crippen LogP contribution < -0.4 is 20.5 Å². The Morgan fingerprint density at radius 1 is 1.10 bits per heavy atom. The lowest BCUT2D eigenvalue weighted by atomic mass is 10.1. The summed E-state index contributed by atoms with van der Waals surface area (Å²) < 4.78 is 25.9. The van der Waals surface area contributed by atoms with Crippen LogP contribution in [0, 0.1) is 17.1 Å². The number of aromatic nitrogens is 1. The second-order valence-corrected chi connectivity index (χ2v) is 6.81. The zero-order valence-corrected chi connectivity index (χ0v) is 16.7. The molecule has 0 aliphatic carbocycles. The normalized spacial score (nSPS) is 10.5. The second kappa shape index (κ2) is 8.59. The highest BCUT2D eigenvalue weighted by Crippen LogP contribution is 2.38. The number of ether oxygens (including phenoxy) is 2. The number of hydrogen-bond donors (Lipinski definition) is 2. The first-order valence-electron chi connectivity index (χ1n) is 9.48. The van der Waals surface area contributed by atoms with Crippen molar-refractivity contribution in [3.8, 4) is 17.6 Å². The van der Waals surface area contributed by atoms with Crippen molar-refractivity contribution in [1.29, 1.82) is 5.26 Å². The monoisotopic (exact) mass is 414 g/mol. The smallest absolute Gasteiger partial charge is 0.162 e. The molecule has 3 aromatic carbocycles. The van der Waals surface area contributed by atoms with Crippen LogP contribution >= 0.6 is 0 Å². The highest BCUT2D eigenvalue weighted by molar-refractivity contribution is 6.00. The van der Waals surface area contributed by atoms with E-state index in [1.165, 1.54) is 24.4 Å². The molecule has 0 aliphatic heterocycles. The van der Waals surface area contributed by atoms with Gasteiger partial charge in [-0.1, -0.05) is 30.3 Å². The SMILES string of the molecule is COc1cc2ncc(N)c(Nc3ccc(C#N)cc3F)c2cc1OCc1ccccc1. The number of nitriles is 1. The number of fused-ring (bicyclic) bond motifs is 1. The summed E-state index contributed by atoms with van der Waals surface area (Å²) in [4.78, 5) is 4.36.